The quantitative estimate of drug-likeness (QED) is 0.439. The molecule has 3 aromatic carbocycles. The summed E-state index contributed by atoms with van der Waals surface area (Å²) in [4.78, 5) is 12.6. The number of ether oxygens (including phenoxy) is 2. The zero-order chi connectivity index (χ0) is 18.5. The fourth-order valence-electron chi connectivity index (χ4n) is 3.30. The molecule has 136 valence electrons. The third kappa shape index (κ3) is 2.56. The summed E-state index contributed by atoms with van der Waals surface area (Å²) in [6.45, 7) is 0.273. The van der Waals surface area contributed by atoms with Crippen molar-refractivity contribution in [3.05, 3.63) is 60.7 Å². The van der Waals surface area contributed by atoms with E-state index < -0.39 is 0 Å². The summed E-state index contributed by atoms with van der Waals surface area (Å²) in [5.41, 5.74) is 4.91. The van der Waals surface area contributed by atoms with Crippen LogP contribution in [-0.2, 0) is 0 Å². The van der Waals surface area contributed by atoms with Gasteiger partial charge in [0.1, 0.15) is 5.82 Å². The van der Waals surface area contributed by atoms with Crippen LogP contribution < -0.4 is 14.8 Å². The van der Waals surface area contributed by atoms with Crippen molar-refractivity contribution in [3.63, 3.8) is 0 Å². The van der Waals surface area contributed by atoms with Crippen LogP contribution in [0.1, 0.15) is 0 Å². The molecule has 3 heterocycles. The van der Waals surface area contributed by atoms with Gasteiger partial charge in [-0.2, -0.15) is 0 Å². The molecule has 6 rings (SSSR count). The predicted octanol–water partition coefficient (Wildman–Crippen LogP) is 5.31. The second kappa shape index (κ2) is 5.97. The van der Waals surface area contributed by atoms with Gasteiger partial charge in [0.2, 0.25) is 6.79 Å². The number of benzene rings is 3. The molecule has 2 N–H and O–H groups in total. The molecule has 1 aliphatic heterocycles. The van der Waals surface area contributed by atoms with E-state index in [2.05, 4.69) is 20.3 Å². The molecule has 0 saturated carbocycles. The van der Waals surface area contributed by atoms with Crippen LogP contribution in [0.25, 0.3) is 32.6 Å². The minimum atomic E-state index is 0.273. The molecular weight excluding hydrogens is 372 g/mol. The number of nitrogens with zero attached hydrogens (tertiary/aromatic N) is 2. The van der Waals surface area contributed by atoms with Crippen LogP contribution >= 0.6 is 11.3 Å². The van der Waals surface area contributed by atoms with Gasteiger partial charge in [-0.25, -0.2) is 9.97 Å². The van der Waals surface area contributed by atoms with Crippen molar-refractivity contribution >= 4 is 43.4 Å². The molecule has 5 aromatic rings. The minimum Gasteiger partial charge on any atom is -0.454 e. The highest BCUT2D eigenvalue weighted by Crippen LogP contribution is 2.39. The molecule has 6 nitrogen and oxygen atoms in total. The molecule has 0 spiro atoms. The lowest BCUT2D eigenvalue weighted by Crippen LogP contribution is -1.92. The SMILES string of the molecule is c1ccc2[nH]c(-c3ccc(Nc4nc5cc6c(cc5s4)OCO6)cc3)nc2c1. The van der Waals surface area contributed by atoms with Crippen molar-refractivity contribution in [1.29, 1.82) is 0 Å². The summed E-state index contributed by atoms with van der Waals surface area (Å²) in [5.74, 6) is 2.39. The Morgan fingerprint density at radius 2 is 1.71 bits per heavy atom. The Labute approximate surface area is 163 Å². The molecule has 28 heavy (non-hydrogen) atoms. The number of imidazole rings is 1. The number of fused-ring (bicyclic) bond motifs is 3. The maximum absolute atomic E-state index is 5.44. The first-order chi connectivity index (χ1) is 13.8. The predicted molar refractivity (Wildman–Crippen MR) is 111 cm³/mol. The Balaban J connectivity index is 1.27. The number of para-hydroxylation sites is 2. The van der Waals surface area contributed by atoms with E-state index in [1.54, 1.807) is 11.3 Å². The number of aromatic nitrogens is 3. The average Bonchev–Trinajstić information content (AvgIpc) is 3.43. The fourth-order valence-corrected chi connectivity index (χ4v) is 4.19. The monoisotopic (exact) mass is 386 g/mol. The number of H-pyrrole nitrogens is 1. The van der Waals surface area contributed by atoms with Gasteiger partial charge in [0.05, 0.1) is 21.3 Å². The Bertz CT molecular complexity index is 1250. The van der Waals surface area contributed by atoms with Crippen LogP contribution in [0, 0.1) is 0 Å². The lowest BCUT2D eigenvalue weighted by Gasteiger charge is -2.03. The van der Waals surface area contributed by atoms with Gasteiger partial charge in [0.15, 0.2) is 16.6 Å². The first-order valence-corrected chi connectivity index (χ1v) is 9.66. The number of hydrogen-bond acceptors (Lipinski definition) is 6. The highest BCUT2D eigenvalue weighted by atomic mass is 32.1. The highest BCUT2D eigenvalue weighted by Gasteiger charge is 2.16. The number of rotatable bonds is 3. The number of aromatic amines is 1. The van der Waals surface area contributed by atoms with Gasteiger partial charge in [0, 0.05) is 23.4 Å². The van der Waals surface area contributed by atoms with Crippen LogP contribution in [0.5, 0.6) is 11.5 Å². The fraction of sp³-hybridized carbons (Fsp3) is 0.0476. The second-order valence-corrected chi connectivity index (χ2v) is 7.53. The van der Waals surface area contributed by atoms with Crippen molar-refractivity contribution in [2.24, 2.45) is 0 Å². The summed E-state index contributed by atoms with van der Waals surface area (Å²) >= 11 is 1.59. The standard InChI is InChI=1S/C21H14N4O2S/c1-2-4-15-14(3-1)23-20(24-15)12-5-7-13(8-6-12)22-21-25-16-9-17-18(27-11-26-17)10-19(16)28-21/h1-10H,11H2,(H,22,25)(H,23,24). The van der Waals surface area contributed by atoms with Gasteiger partial charge < -0.3 is 19.8 Å². The molecule has 0 atom stereocenters. The number of anilines is 2. The Morgan fingerprint density at radius 1 is 0.893 bits per heavy atom. The number of hydrogen-bond donors (Lipinski definition) is 2. The maximum Gasteiger partial charge on any atom is 0.231 e. The third-order valence-electron chi connectivity index (χ3n) is 4.68. The molecule has 0 radical (unpaired) electrons. The van der Waals surface area contributed by atoms with Gasteiger partial charge in [-0.05, 0) is 36.4 Å². The van der Waals surface area contributed by atoms with Gasteiger partial charge in [0.25, 0.3) is 0 Å². The normalized spacial score (nSPS) is 12.7. The van der Waals surface area contributed by atoms with Crippen molar-refractivity contribution in [2.45, 2.75) is 0 Å². The molecule has 1 aliphatic rings. The molecule has 0 unspecified atom stereocenters. The summed E-state index contributed by atoms with van der Waals surface area (Å²) in [6.07, 6.45) is 0. The number of thiazole rings is 1. The first-order valence-electron chi connectivity index (χ1n) is 8.84. The van der Waals surface area contributed by atoms with E-state index in [0.717, 1.165) is 55.0 Å². The molecule has 7 heteroatoms. The molecule has 2 aromatic heterocycles. The van der Waals surface area contributed by atoms with Gasteiger partial charge in [-0.1, -0.05) is 23.5 Å². The molecular formula is C21H14N4O2S. The average molecular weight is 386 g/mol. The maximum atomic E-state index is 5.44. The van der Waals surface area contributed by atoms with Gasteiger partial charge in [-0.15, -0.1) is 0 Å². The van der Waals surface area contributed by atoms with Crippen molar-refractivity contribution in [1.82, 2.24) is 15.0 Å². The van der Waals surface area contributed by atoms with Crippen LogP contribution in [0.4, 0.5) is 10.8 Å². The summed E-state index contributed by atoms with van der Waals surface area (Å²) < 4.78 is 11.9. The zero-order valence-electron chi connectivity index (χ0n) is 14.6. The van der Waals surface area contributed by atoms with E-state index in [-0.39, 0.29) is 6.79 Å². The Morgan fingerprint density at radius 3 is 2.57 bits per heavy atom. The van der Waals surface area contributed by atoms with E-state index in [0.29, 0.717) is 0 Å². The minimum absolute atomic E-state index is 0.273. The van der Waals surface area contributed by atoms with Gasteiger partial charge in [-0.3, -0.25) is 0 Å². The van der Waals surface area contributed by atoms with Crippen molar-refractivity contribution in [2.75, 3.05) is 12.1 Å². The largest absolute Gasteiger partial charge is 0.454 e. The van der Waals surface area contributed by atoms with E-state index in [1.165, 1.54) is 0 Å². The summed E-state index contributed by atoms with van der Waals surface area (Å²) in [7, 11) is 0. The second-order valence-electron chi connectivity index (χ2n) is 6.50. The number of nitrogens with one attached hydrogen (secondary N) is 2. The lowest BCUT2D eigenvalue weighted by atomic mass is 10.2. The highest BCUT2D eigenvalue weighted by molar-refractivity contribution is 7.22. The van der Waals surface area contributed by atoms with Crippen molar-refractivity contribution < 1.29 is 9.47 Å². The molecule has 0 saturated heterocycles. The molecule has 0 bridgehead atoms. The Hall–Kier alpha value is -3.58. The van der Waals surface area contributed by atoms with Crippen LogP contribution in [0.3, 0.4) is 0 Å². The molecule has 0 aliphatic carbocycles. The first kappa shape index (κ1) is 15.5. The van der Waals surface area contributed by atoms with E-state index in [1.807, 2.05) is 60.7 Å². The van der Waals surface area contributed by atoms with Crippen LogP contribution in [0.15, 0.2) is 60.7 Å². The molecule has 0 amide bonds. The van der Waals surface area contributed by atoms with Gasteiger partial charge >= 0.3 is 0 Å². The van der Waals surface area contributed by atoms with Crippen LogP contribution in [-0.4, -0.2) is 21.7 Å². The van der Waals surface area contributed by atoms with E-state index in [4.69, 9.17) is 9.47 Å². The van der Waals surface area contributed by atoms with E-state index in [9.17, 15) is 0 Å². The van der Waals surface area contributed by atoms with Crippen molar-refractivity contribution in [3.8, 4) is 22.9 Å². The smallest absolute Gasteiger partial charge is 0.231 e. The van der Waals surface area contributed by atoms with E-state index >= 15 is 0 Å². The zero-order valence-corrected chi connectivity index (χ0v) is 15.4. The summed E-state index contributed by atoms with van der Waals surface area (Å²) in [6, 6.07) is 20.1. The Kier molecular flexibility index (Phi) is 3.30. The topological polar surface area (TPSA) is 72.1 Å². The summed E-state index contributed by atoms with van der Waals surface area (Å²) in [5, 5.41) is 4.20. The lowest BCUT2D eigenvalue weighted by molar-refractivity contribution is 0.174. The molecule has 0 fully saturated rings. The van der Waals surface area contributed by atoms with Crippen LogP contribution in [0.2, 0.25) is 0 Å². The third-order valence-corrected chi connectivity index (χ3v) is 5.62.